The summed E-state index contributed by atoms with van der Waals surface area (Å²) in [5.74, 6) is 0. The molecule has 0 radical (unpaired) electrons. The number of rotatable bonds is 3. The average molecular weight is 344 g/mol. The Balaban J connectivity index is 1.72. The van der Waals surface area contributed by atoms with Gasteiger partial charge in [-0.05, 0) is 25.7 Å². The normalized spacial score (nSPS) is 19.4. The molecule has 0 aliphatic carbocycles. The minimum absolute atomic E-state index is 0.0243. The van der Waals surface area contributed by atoms with Crippen LogP contribution in [0, 0.1) is 11.3 Å². The number of hydrogen-bond donors (Lipinski definition) is 0. The molecule has 124 valence electrons. The zero-order valence-corrected chi connectivity index (χ0v) is 13.8. The van der Waals surface area contributed by atoms with Crippen LogP contribution in [0.2, 0.25) is 0 Å². The second kappa shape index (κ2) is 6.00. The summed E-state index contributed by atoms with van der Waals surface area (Å²) in [6.07, 6.45) is 3.39. The third kappa shape index (κ3) is 2.41. The molecule has 2 aromatic rings. The molecule has 1 atom stereocenters. The smallest absolute Gasteiger partial charge is 0.331 e. The molecule has 8 heteroatoms. The van der Waals surface area contributed by atoms with Gasteiger partial charge >= 0.3 is 5.69 Å². The van der Waals surface area contributed by atoms with Crippen molar-refractivity contribution >= 4 is 11.3 Å². The van der Waals surface area contributed by atoms with E-state index >= 15 is 0 Å². The maximum atomic E-state index is 12.6. The van der Waals surface area contributed by atoms with E-state index in [0.717, 1.165) is 35.4 Å². The number of nitrogens with zero attached hydrogens (tertiary/aromatic N) is 4. The van der Waals surface area contributed by atoms with Crippen LogP contribution in [0.5, 0.6) is 0 Å². The number of thiazole rings is 1. The van der Waals surface area contributed by atoms with Crippen LogP contribution in [-0.2, 0) is 24.2 Å². The first-order chi connectivity index (χ1) is 11.7. The van der Waals surface area contributed by atoms with E-state index in [4.69, 9.17) is 4.74 Å². The average Bonchev–Trinajstić information content (AvgIpc) is 3.31. The predicted molar refractivity (Wildman–Crippen MR) is 87.1 cm³/mol. The number of nitriles is 1. The van der Waals surface area contributed by atoms with Gasteiger partial charge in [-0.15, -0.1) is 11.3 Å². The topological polar surface area (TPSA) is 89.9 Å². The molecule has 1 fully saturated rings. The molecule has 0 spiro atoms. The van der Waals surface area contributed by atoms with Gasteiger partial charge in [0.2, 0.25) is 0 Å². The van der Waals surface area contributed by atoms with Crippen molar-refractivity contribution in [3.05, 3.63) is 48.2 Å². The third-order valence-electron chi connectivity index (χ3n) is 4.54. The second-order valence-electron chi connectivity index (χ2n) is 6.04. The highest BCUT2D eigenvalue weighted by atomic mass is 32.1. The highest BCUT2D eigenvalue weighted by Crippen LogP contribution is 2.30. The van der Waals surface area contributed by atoms with Crippen LogP contribution in [0.1, 0.15) is 47.3 Å². The van der Waals surface area contributed by atoms with Gasteiger partial charge in [0.05, 0.1) is 12.2 Å². The molecule has 0 aromatic carbocycles. The van der Waals surface area contributed by atoms with Crippen LogP contribution in [0.3, 0.4) is 0 Å². The Morgan fingerprint density at radius 2 is 2.29 bits per heavy atom. The molecular weight excluding hydrogens is 328 g/mol. The van der Waals surface area contributed by atoms with Gasteiger partial charge in [0, 0.05) is 24.2 Å². The Morgan fingerprint density at radius 1 is 1.42 bits per heavy atom. The van der Waals surface area contributed by atoms with Crippen molar-refractivity contribution in [3.8, 4) is 6.07 Å². The molecule has 1 saturated heterocycles. The number of fused-ring (bicyclic) bond motifs is 1. The summed E-state index contributed by atoms with van der Waals surface area (Å²) in [7, 11) is 0. The molecule has 7 nitrogen and oxygen atoms in total. The van der Waals surface area contributed by atoms with E-state index < -0.39 is 5.56 Å². The summed E-state index contributed by atoms with van der Waals surface area (Å²) in [5.41, 5.74) is 0.455. The predicted octanol–water partition coefficient (Wildman–Crippen LogP) is 1.18. The highest BCUT2D eigenvalue weighted by Gasteiger charge is 2.24. The van der Waals surface area contributed by atoms with Gasteiger partial charge in [-0.1, -0.05) is 0 Å². The molecule has 0 N–H and O–H groups in total. The van der Waals surface area contributed by atoms with Gasteiger partial charge < -0.3 is 4.74 Å². The van der Waals surface area contributed by atoms with E-state index in [2.05, 4.69) is 4.98 Å². The van der Waals surface area contributed by atoms with E-state index in [-0.39, 0.29) is 23.9 Å². The first-order valence-corrected chi connectivity index (χ1v) is 8.89. The highest BCUT2D eigenvalue weighted by molar-refractivity contribution is 7.09. The van der Waals surface area contributed by atoms with Gasteiger partial charge in [-0.3, -0.25) is 13.9 Å². The van der Waals surface area contributed by atoms with E-state index in [1.165, 1.54) is 11.3 Å². The standard InChI is InChI=1S/C16H16N4O3S/c17-7-11-12-3-1-5-19(12)16(22)20(15(11)21)8-10-9-24-14(18-10)13-4-2-6-23-13/h9,13H,1-6,8H2/t13-/m1/s1. The second-order valence-corrected chi connectivity index (χ2v) is 6.93. The Kier molecular flexibility index (Phi) is 3.82. The minimum atomic E-state index is -0.512. The maximum absolute atomic E-state index is 12.6. The molecule has 0 saturated carbocycles. The molecule has 0 amide bonds. The van der Waals surface area contributed by atoms with Crippen molar-refractivity contribution in [2.75, 3.05) is 6.61 Å². The van der Waals surface area contributed by atoms with E-state index in [1.54, 1.807) is 4.57 Å². The number of ether oxygens (including phenoxy) is 1. The Bertz CT molecular complexity index is 944. The molecule has 2 aromatic heterocycles. The summed E-state index contributed by atoms with van der Waals surface area (Å²) in [6.45, 7) is 1.40. The maximum Gasteiger partial charge on any atom is 0.331 e. The van der Waals surface area contributed by atoms with Crippen LogP contribution < -0.4 is 11.2 Å². The Hall–Kier alpha value is -2.24. The van der Waals surface area contributed by atoms with E-state index in [0.29, 0.717) is 24.4 Å². The van der Waals surface area contributed by atoms with Gasteiger partial charge in [0.25, 0.3) is 5.56 Å². The fraction of sp³-hybridized carbons (Fsp3) is 0.500. The minimum Gasteiger partial charge on any atom is -0.371 e. The summed E-state index contributed by atoms with van der Waals surface area (Å²) in [5, 5.41) is 12.0. The van der Waals surface area contributed by atoms with Crippen molar-refractivity contribution in [1.29, 1.82) is 5.26 Å². The molecular formula is C16H16N4O3S. The van der Waals surface area contributed by atoms with Crippen molar-refractivity contribution in [1.82, 2.24) is 14.1 Å². The Labute approximate surface area is 141 Å². The molecule has 0 unspecified atom stereocenters. The fourth-order valence-corrected chi connectivity index (χ4v) is 4.26. The zero-order chi connectivity index (χ0) is 16.7. The molecule has 0 bridgehead atoms. The largest absolute Gasteiger partial charge is 0.371 e. The zero-order valence-electron chi connectivity index (χ0n) is 13.0. The molecule has 24 heavy (non-hydrogen) atoms. The molecule has 4 heterocycles. The van der Waals surface area contributed by atoms with Crippen LogP contribution in [-0.4, -0.2) is 20.7 Å². The summed E-state index contributed by atoms with van der Waals surface area (Å²) < 4.78 is 8.29. The van der Waals surface area contributed by atoms with Crippen molar-refractivity contribution in [3.63, 3.8) is 0 Å². The first kappa shape index (κ1) is 15.3. The van der Waals surface area contributed by atoms with Gasteiger partial charge in [0.15, 0.2) is 0 Å². The lowest BCUT2D eigenvalue weighted by atomic mass is 10.2. The van der Waals surface area contributed by atoms with E-state index in [1.807, 2.05) is 11.4 Å². The fourth-order valence-electron chi connectivity index (χ4n) is 3.37. The summed E-state index contributed by atoms with van der Waals surface area (Å²) >= 11 is 1.49. The molecule has 2 aliphatic heterocycles. The van der Waals surface area contributed by atoms with Crippen molar-refractivity contribution in [2.45, 2.75) is 44.9 Å². The number of aromatic nitrogens is 3. The van der Waals surface area contributed by atoms with Gasteiger partial charge in [-0.2, -0.15) is 5.26 Å². The van der Waals surface area contributed by atoms with Crippen LogP contribution in [0.4, 0.5) is 0 Å². The van der Waals surface area contributed by atoms with Crippen molar-refractivity contribution in [2.24, 2.45) is 0 Å². The van der Waals surface area contributed by atoms with Gasteiger partial charge in [0.1, 0.15) is 22.7 Å². The SMILES string of the molecule is N#Cc1c2n(c(=O)n(Cc3csc([C@H]4CCCO4)n3)c1=O)CCC2. The monoisotopic (exact) mass is 344 g/mol. The lowest BCUT2D eigenvalue weighted by Crippen LogP contribution is -2.42. The van der Waals surface area contributed by atoms with Crippen LogP contribution in [0.15, 0.2) is 15.0 Å². The van der Waals surface area contributed by atoms with Crippen LogP contribution >= 0.6 is 11.3 Å². The number of hydrogen-bond acceptors (Lipinski definition) is 6. The third-order valence-corrected chi connectivity index (χ3v) is 5.52. The quantitative estimate of drug-likeness (QED) is 0.834. The molecule has 4 rings (SSSR count). The van der Waals surface area contributed by atoms with Crippen molar-refractivity contribution < 1.29 is 4.74 Å². The lowest BCUT2D eigenvalue weighted by molar-refractivity contribution is 0.111. The lowest BCUT2D eigenvalue weighted by Gasteiger charge is -2.10. The summed E-state index contributed by atoms with van der Waals surface area (Å²) in [6, 6.07) is 1.97. The van der Waals surface area contributed by atoms with E-state index in [9.17, 15) is 14.9 Å². The van der Waals surface area contributed by atoms with Gasteiger partial charge in [-0.25, -0.2) is 9.78 Å². The van der Waals surface area contributed by atoms with Crippen LogP contribution in [0.25, 0.3) is 0 Å². The first-order valence-electron chi connectivity index (χ1n) is 8.01. The Morgan fingerprint density at radius 3 is 3.04 bits per heavy atom. The summed E-state index contributed by atoms with van der Waals surface area (Å²) in [4.78, 5) is 29.6. The molecule has 2 aliphatic rings.